The lowest BCUT2D eigenvalue weighted by Gasteiger charge is -2.45. The van der Waals surface area contributed by atoms with Crippen molar-refractivity contribution in [1.82, 2.24) is 9.62 Å². The van der Waals surface area contributed by atoms with E-state index >= 15 is 0 Å². The van der Waals surface area contributed by atoms with Crippen molar-refractivity contribution in [3.05, 3.63) is 19.8 Å². The van der Waals surface area contributed by atoms with Gasteiger partial charge in [0.25, 0.3) is 0 Å². The molecule has 3 heterocycles. The van der Waals surface area contributed by atoms with Crippen LogP contribution in [0.2, 0.25) is 5.02 Å². The summed E-state index contributed by atoms with van der Waals surface area (Å²) < 4.78 is 39.1. The number of thiophene rings is 1. The second-order valence-electron chi connectivity index (χ2n) is 7.56. The minimum absolute atomic E-state index is 0.0386. The van der Waals surface area contributed by atoms with Gasteiger partial charge in [-0.15, -0.1) is 11.3 Å². The molecule has 1 aromatic rings. The third kappa shape index (κ3) is 3.91. The molecule has 8 nitrogen and oxygen atoms in total. The molecule has 2 aliphatic heterocycles. The van der Waals surface area contributed by atoms with Crippen molar-refractivity contribution in [2.45, 2.75) is 43.6 Å². The van der Waals surface area contributed by atoms with Gasteiger partial charge in [-0.25, -0.2) is 22.5 Å². The van der Waals surface area contributed by atoms with Crippen molar-refractivity contribution in [3.63, 3.8) is 0 Å². The van der Waals surface area contributed by atoms with E-state index < -0.39 is 32.5 Å². The smallest absolute Gasteiger partial charge is 0.414 e. The van der Waals surface area contributed by atoms with Crippen LogP contribution in [0.5, 0.6) is 0 Å². The van der Waals surface area contributed by atoms with Gasteiger partial charge in [0.2, 0.25) is 16.0 Å². The topological polar surface area (TPSA) is 97.3 Å². The zero-order valence-electron chi connectivity index (χ0n) is 15.8. The maximum atomic E-state index is 13.3. The summed E-state index contributed by atoms with van der Waals surface area (Å²) in [5, 5.41) is 2.00. The molecule has 0 aromatic carbocycles. The van der Waals surface area contributed by atoms with E-state index in [4.69, 9.17) is 21.1 Å². The SMILES string of the molecule is CN1C(NC(=O)OC(C)(C)C)=NC2(c3sc(Br)cc3Cl)COCCC2S1(=O)=O. The first-order chi connectivity index (χ1) is 12.9. The van der Waals surface area contributed by atoms with E-state index in [1.165, 1.54) is 18.4 Å². The highest BCUT2D eigenvalue weighted by molar-refractivity contribution is 9.11. The number of sulfonamides is 1. The van der Waals surface area contributed by atoms with Crippen LogP contribution in [0.3, 0.4) is 0 Å². The second kappa shape index (κ2) is 7.42. The number of aliphatic imine (C=N–C) groups is 1. The molecule has 1 aromatic heterocycles. The van der Waals surface area contributed by atoms with E-state index in [2.05, 4.69) is 26.2 Å². The quantitative estimate of drug-likeness (QED) is 0.620. The molecule has 1 N–H and O–H groups in total. The molecule has 1 fully saturated rings. The Bertz CT molecular complexity index is 927. The minimum Gasteiger partial charge on any atom is -0.444 e. The Labute approximate surface area is 181 Å². The summed E-state index contributed by atoms with van der Waals surface area (Å²) in [4.78, 5) is 17.5. The molecular formula is C16H21BrClN3O5S2. The number of ether oxygens (including phenoxy) is 2. The molecule has 2 aliphatic rings. The number of nitrogens with one attached hydrogen (secondary N) is 1. The molecule has 0 spiro atoms. The van der Waals surface area contributed by atoms with Crippen LogP contribution in [-0.2, 0) is 25.0 Å². The number of carbonyl (C=O) groups excluding carboxylic acids is 1. The van der Waals surface area contributed by atoms with Crippen molar-refractivity contribution in [2.24, 2.45) is 4.99 Å². The molecule has 1 amide bonds. The molecule has 0 saturated carbocycles. The molecule has 2 atom stereocenters. The van der Waals surface area contributed by atoms with Crippen LogP contribution in [0.15, 0.2) is 14.8 Å². The average Bonchev–Trinajstić information content (AvgIpc) is 2.90. The first-order valence-electron chi connectivity index (χ1n) is 8.47. The van der Waals surface area contributed by atoms with Crippen LogP contribution in [0.1, 0.15) is 32.1 Å². The number of guanidine groups is 1. The number of carbonyl (C=O) groups is 1. The van der Waals surface area contributed by atoms with E-state index in [1.54, 1.807) is 26.8 Å². The molecule has 0 radical (unpaired) electrons. The molecule has 1 saturated heterocycles. The first kappa shape index (κ1) is 21.8. The van der Waals surface area contributed by atoms with E-state index in [0.29, 0.717) is 16.5 Å². The molecule has 0 aliphatic carbocycles. The molecular weight excluding hydrogens is 494 g/mol. The number of fused-ring (bicyclic) bond motifs is 1. The Kier molecular flexibility index (Phi) is 5.78. The summed E-state index contributed by atoms with van der Waals surface area (Å²) in [6.07, 6.45) is -0.529. The number of amides is 1. The third-order valence-corrected chi connectivity index (χ3v) is 8.88. The van der Waals surface area contributed by atoms with E-state index in [-0.39, 0.29) is 19.0 Å². The minimum atomic E-state index is -3.83. The highest BCUT2D eigenvalue weighted by atomic mass is 79.9. The van der Waals surface area contributed by atoms with Crippen molar-refractivity contribution in [3.8, 4) is 0 Å². The van der Waals surface area contributed by atoms with Crippen LogP contribution >= 0.6 is 38.9 Å². The van der Waals surface area contributed by atoms with Gasteiger partial charge in [0.1, 0.15) is 16.4 Å². The van der Waals surface area contributed by atoms with E-state index in [9.17, 15) is 13.2 Å². The fourth-order valence-electron chi connectivity index (χ4n) is 3.22. The third-order valence-electron chi connectivity index (χ3n) is 4.39. The average molecular weight is 515 g/mol. The fraction of sp³-hybridized carbons (Fsp3) is 0.625. The van der Waals surface area contributed by atoms with Gasteiger partial charge in [-0.05, 0) is 49.2 Å². The second-order valence-corrected chi connectivity index (χ2v) is 12.5. The van der Waals surface area contributed by atoms with Crippen LogP contribution in [0.4, 0.5) is 4.79 Å². The van der Waals surface area contributed by atoms with Gasteiger partial charge in [-0.1, -0.05) is 11.6 Å². The maximum Gasteiger partial charge on any atom is 0.414 e. The molecule has 12 heteroatoms. The van der Waals surface area contributed by atoms with Gasteiger partial charge in [-0.2, -0.15) is 0 Å². The van der Waals surface area contributed by atoms with Crippen LogP contribution in [0, 0.1) is 0 Å². The van der Waals surface area contributed by atoms with Crippen molar-refractivity contribution in [1.29, 1.82) is 0 Å². The lowest BCUT2D eigenvalue weighted by molar-refractivity contribution is 0.0380. The Morgan fingerprint density at radius 1 is 1.54 bits per heavy atom. The summed E-state index contributed by atoms with van der Waals surface area (Å²) in [6, 6.07) is 1.70. The summed E-state index contributed by atoms with van der Waals surface area (Å²) in [7, 11) is -2.47. The monoisotopic (exact) mass is 513 g/mol. The predicted molar refractivity (Wildman–Crippen MR) is 111 cm³/mol. The van der Waals surface area contributed by atoms with Gasteiger partial charge in [-0.3, -0.25) is 5.32 Å². The van der Waals surface area contributed by atoms with Gasteiger partial charge in [0.15, 0.2) is 0 Å². The van der Waals surface area contributed by atoms with Crippen molar-refractivity contribution >= 4 is 60.9 Å². The zero-order valence-corrected chi connectivity index (χ0v) is 19.8. The normalized spacial score (nSPS) is 27.0. The summed E-state index contributed by atoms with van der Waals surface area (Å²) >= 11 is 11.1. The summed E-state index contributed by atoms with van der Waals surface area (Å²) in [5.74, 6) is -0.128. The Hall–Kier alpha value is -0.880. The fourth-order valence-corrected chi connectivity index (χ4v) is 7.38. The van der Waals surface area contributed by atoms with Gasteiger partial charge in [0.05, 0.1) is 20.3 Å². The number of hydrogen-bond acceptors (Lipinski definition) is 7. The van der Waals surface area contributed by atoms with Crippen LogP contribution < -0.4 is 5.32 Å². The van der Waals surface area contributed by atoms with E-state index in [0.717, 1.165) is 8.09 Å². The van der Waals surface area contributed by atoms with E-state index in [1.807, 2.05) is 0 Å². The van der Waals surface area contributed by atoms with Gasteiger partial charge in [0, 0.05) is 13.7 Å². The number of rotatable bonds is 1. The zero-order chi connectivity index (χ0) is 20.9. The van der Waals surface area contributed by atoms with Crippen molar-refractivity contribution < 1.29 is 22.7 Å². The lowest BCUT2D eigenvalue weighted by atomic mass is 9.90. The summed E-state index contributed by atoms with van der Waals surface area (Å²) in [6.45, 7) is 5.48. The molecule has 156 valence electrons. The molecule has 0 bridgehead atoms. The van der Waals surface area contributed by atoms with Crippen LogP contribution in [-0.4, -0.2) is 55.9 Å². The highest BCUT2D eigenvalue weighted by Crippen LogP contribution is 2.48. The Morgan fingerprint density at radius 3 is 2.79 bits per heavy atom. The molecule has 3 rings (SSSR count). The maximum absolute atomic E-state index is 13.3. The summed E-state index contributed by atoms with van der Waals surface area (Å²) in [5.41, 5.74) is -1.99. The largest absolute Gasteiger partial charge is 0.444 e. The number of halogens is 2. The Morgan fingerprint density at radius 2 is 2.21 bits per heavy atom. The molecule has 2 unspecified atom stereocenters. The molecule has 28 heavy (non-hydrogen) atoms. The number of alkyl carbamates (subject to hydrolysis) is 1. The first-order valence-corrected chi connectivity index (χ1v) is 12.0. The number of nitrogens with zero attached hydrogens (tertiary/aromatic N) is 2. The van der Waals surface area contributed by atoms with Crippen LogP contribution in [0.25, 0.3) is 0 Å². The highest BCUT2D eigenvalue weighted by Gasteiger charge is 2.57. The lowest BCUT2D eigenvalue weighted by Crippen LogP contribution is -2.62. The van der Waals surface area contributed by atoms with Gasteiger partial charge < -0.3 is 9.47 Å². The van der Waals surface area contributed by atoms with Crippen molar-refractivity contribution in [2.75, 3.05) is 20.3 Å². The standard InChI is InChI=1S/C16H21BrClN3O5S2/c1-15(2,3)26-14(22)19-13-20-16(12-9(18)7-11(17)27-12)8-25-6-5-10(16)28(23,24)21(13)4/h7,10H,5-6,8H2,1-4H3,(H,19,20,22). The number of hydrogen-bond donors (Lipinski definition) is 1. The Balaban J connectivity index is 2.12. The predicted octanol–water partition coefficient (Wildman–Crippen LogP) is 3.30. The van der Waals surface area contributed by atoms with Gasteiger partial charge >= 0.3 is 6.09 Å².